The number of ether oxygens (including phenoxy) is 1. The minimum absolute atomic E-state index is 0.388. The summed E-state index contributed by atoms with van der Waals surface area (Å²) in [5, 5.41) is 12.1. The van der Waals surface area contributed by atoms with Crippen LogP contribution in [0.2, 0.25) is 0 Å². The van der Waals surface area contributed by atoms with Crippen LogP contribution < -0.4 is 5.32 Å². The van der Waals surface area contributed by atoms with Gasteiger partial charge in [0.2, 0.25) is 0 Å². The first-order valence-corrected chi connectivity index (χ1v) is 5.93. The largest absolute Gasteiger partial charge is 0.383 e. The molecule has 94 valence electrons. The van der Waals surface area contributed by atoms with E-state index in [1.807, 2.05) is 14.0 Å². The molecule has 0 heterocycles. The minimum atomic E-state index is -0.388. The van der Waals surface area contributed by atoms with Crippen LogP contribution in [0.4, 0.5) is 0 Å². The van der Waals surface area contributed by atoms with Crippen LogP contribution in [-0.4, -0.2) is 50.8 Å². The van der Waals surface area contributed by atoms with Crippen LogP contribution in [0.25, 0.3) is 0 Å². The molecule has 0 aromatic rings. The summed E-state index contributed by atoms with van der Waals surface area (Å²) in [4.78, 5) is 2.34. The molecule has 16 heavy (non-hydrogen) atoms. The molecule has 0 saturated heterocycles. The fourth-order valence-corrected chi connectivity index (χ4v) is 1.54. The average molecular weight is 227 g/mol. The van der Waals surface area contributed by atoms with Crippen molar-refractivity contribution in [2.75, 3.05) is 40.4 Å². The Bertz CT molecular complexity index is 215. The van der Waals surface area contributed by atoms with Crippen LogP contribution in [0, 0.1) is 11.3 Å². The number of hydrogen-bond donors (Lipinski definition) is 1. The highest BCUT2D eigenvalue weighted by molar-refractivity contribution is 5.02. The highest BCUT2D eigenvalue weighted by atomic mass is 16.5. The first-order valence-electron chi connectivity index (χ1n) is 5.93. The molecule has 4 heteroatoms. The van der Waals surface area contributed by atoms with E-state index in [4.69, 9.17) is 10.00 Å². The number of rotatable bonds is 9. The molecule has 0 amide bonds. The third kappa shape index (κ3) is 6.06. The second kappa shape index (κ2) is 8.51. The fourth-order valence-electron chi connectivity index (χ4n) is 1.54. The standard InChI is InChI=1S/C12H25N3O/c1-5-15(9-10-16-4)8-6-7-12(2,11-13)14-3/h14H,5-10H2,1-4H3. The Morgan fingerprint density at radius 3 is 2.56 bits per heavy atom. The smallest absolute Gasteiger partial charge is 0.103 e. The molecule has 0 fully saturated rings. The average Bonchev–Trinajstić information content (AvgIpc) is 2.33. The van der Waals surface area contributed by atoms with E-state index in [-0.39, 0.29) is 5.54 Å². The van der Waals surface area contributed by atoms with Crippen molar-refractivity contribution in [2.45, 2.75) is 32.2 Å². The monoisotopic (exact) mass is 227 g/mol. The van der Waals surface area contributed by atoms with Gasteiger partial charge in [-0.05, 0) is 39.9 Å². The van der Waals surface area contributed by atoms with Crippen LogP contribution in [0.3, 0.4) is 0 Å². The van der Waals surface area contributed by atoms with Gasteiger partial charge < -0.3 is 15.0 Å². The van der Waals surface area contributed by atoms with Gasteiger partial charge in [-0.1, -0.05) is 6.92 Å². The van der Waals surface area contributed by atoms with Gasteiger partial charge in [0.05, 0.1) is 12.7 Å². The predicted octanol–water partition coefficient (Wildman–Crippen LogP) is 1.24. The van der Waals surface area contributed by atoms with Crippen molar-refractivity contribution in [3.63, 3.8) is 0 Å². The van der Waals surface area contributed by atoms with Gasteiger partial charge in [-0.2, -0.15) is 5.26 Å². The van der Waals surface area contributed by atoms with Gasteiger partial charge in [0.1, 0.15) is 5.54 Å². The maximum atomic E-state index is 9.00. The maximum Gasteiger partial charge on any atom is 0.103 e. The summed E-state index contributed by atoms with van der Waals surface area (Å²) >= 11 is 0. The zero-order valence-electron chi connectivity index (χ0n) is 11.0. The van der Waals surface area contributed by atoms with Gasteiger partial charge in [0, 0.05) is 13.7 Å². The molecule has 0 spiro atoms. The van der Waals surface area contributed by atoms with Crippen LogP contribution in [-0.2, 0) is 4.74 Å². The van der Waals surface area contributed by atoms with E-state index < -0.39 is 0 Å². The first kappa shape index (κ1) is 15.4. The van der Waals surface area contributed by atoms with Crippen LogP contribution in [0.1, 0.15) is 26.7 Å². The lowest BCUT2D eigenvalue weighted by Crippen LogP contribution is -2.39. The normalized spacial score (nSPS) is 14.8. The molecule has 1 N–H and O–H groups in total. The lowest BCUT2D eigenvalue weighted by atomic mass is 9.98. The van der Waals surface area contributed by atoms with Crippen molar-refractivity contribution in [1.82, 2.24) is 10.2 Å². The van der Waals surface area contributed by atoms with Crippen LogP contribution in [0.5, 0.6) is 0 Å². The predicted molar refractivity (Wildman–Crippen MR) is 66.3 cm³/mol. The van der Waals surface area contributed by atoms with Gasteiger partial charge in [-0.3, -0.25) is 0 Å². The summed E-state index contributed by atoms with van der Waals surface area (Å²) < 4.78 is 5.06. The van der Waals surface area contributed by atoms with Crippen molar-refractivity contribution < 1.29 is 4.74 Å². The Kier molecular flexibility index (Phi) is 8.18. The summed E-state index contributed by atoms with van der Waals surface area (Å²) in [6.45, 7) is 7.89. The molecular weight excluding hydrogens is 202 g/mol. The maximum absolute atomic E-state index is 9.00. The molecule has 0 rings (SSSR count). The van der Waals surface area contributed by atoms with E-state index in [1.54, 1.807) is 7.11 Å². The van der Waals surface area contributed by atoms with Gasteiger partial charge in [-0.25, -0.2) is 0 Å². The molecule has 0 aromatic heterocycles. The Balaban J connectivity index is 3.82. The summed E-state index contributed by atoms with van der Waals surface area (Å²) in [5.41, 5.74) is -0.388. The molecule has 0 aliphatic rings. The van der Waals surface area contributed by atoms with Gasteiger partial charge in [0.15, 0.2) is 0 Å². The van der Waals surface area contributed by atoms with Crippen molar-refractivity contribution in [2.24, 2.45) is 0 Å². The topological polar surface area (TPSA) is 48.3 Å². The molecule has 4 nitrogen and oxygen atoms in total. The lowest BCUT2D eigenvalue weighted by Gasteiger charge is -2.24. The number of nitriles is 1. The highest BCUT2D eigenvalue weighted by Gasteiger charge is 2.20. The van der Waals surface area contributed by atoms with Gasteiger partial charge in [0.25, 0.3) is 0 Å². The lowest BCUT2D eigenvalue weighted by molar-refractivity contribution is 0.148. The molecule has 0 saturated carbocycles. The zero-order chi connectivity index (χ0) is 12.4. The molecule has 0 aliphatic carbocycles. The number of hydrogen-bond acceptors (Lipinski definition) is 4. The summed E-state index contributed by atoms with van der Waals surface area (Å²) in [6, 6.07) is 2.31. The second-order valence-corrected chi connectivity index (χ2v) is 4.22. The number of nitrogens with one attached hydrogen (secondary N) is 1. The van der Waals surface area contributed by atoms with Gasteiger partial charge >= 0.3 is 0 Å². The molecule has 0 radical (unpaired) electrons. The van der Waals surface area contributed by atoms with E-state index in [9.17, 15) is 0 Å². The number of likely N-dealkylation sites (N-methyl/N-ethyl adjacent to an activating group) is 1. The molecule has 0 bridgehead atoms. The van der Waals surface area contributed by atoms with Crippen LogP contribution in [0.15, 0.2) is 0 Å². The molecular formula is C12H25N3O. The fraction of sp³-hybridized carbons (Fsp3) is 0.917. The van der Waals surface area contributed by atoms with E-state index in [0.29, 0.717) is 0 Å². The third-order valence-electron chi connectivity index (χ3n) is 3.01. The van der Waals surface area contributed by atoms with Crippen LogP contribution >= 0.6 is 0 Å². The second-order valence-electron chi connectivity index (χ2n) is 4.22. The van der Waals surface area contributed by atoms with Gasteiger partial charge in [-0.15, -0.1) is 0 Å². The Morgan fingerprint density at radius 1 is 1.44 bits per heavy atom. The molecule has 1 unspecified atom stereocenters. The summed E-state index contributed by atoms with van der Waals surface area (Å²) in [6.07, 6.45) is 1.91. The Hall–Kier alpha value is -0.630. The summed E-state index contributed by atoms with van der Waals surface area (Å²) in [5.74, 6) is 0. The SMILES string of the molecule is CCN(CCCC(C)(C#N)NC)CCOC. The van der Waals surface area contributed by atoms with E-state index >= 15 is 0 Å². The minimum Gasteiger partial charge on any atom is -0.383 e. The van der Waals surface area contributed by atoms with E-state index in [0.717, 1.165) is 39.1 Å². The molecule has 0 aliphatic heterocycles. The number of nitrogens with zero attached hydrogens (tertiary/aromatic N) is 2. The third-order valence-corrected chi connectivity index (χ3v) is 3.01. The van der Waals surface area contributed by atoms with Crippen molar-refractivity contribution in [1.29, 1.82) is 5.26 Å². The van der Waals surface area contributed by atoms with Crippen molar-refractivity contribution >= 4 is 0 Å². The Morgan fingerprint density at radius 2 is 2.12 bits per heavy atom. The van der Waals surface area contributed by atoms with E-state index in [1.165, 1.54) is 0 Å². The van der Waals surface area contributed by atoms with Crippen molar-refractivity contribution in [3.05, 3.63) is 0 Å². The molecule has 1 atom stereocenters. The highest BCUT2D eigenvalue weighted by Crippen LogP contribution is 2.10. The quantitative estimate of drug-likeness (QED) is 0.644. The first-order chi connectivity index (χ1) is 7.61. The summed E-state index contributed by atoms with van der Waals surface area (Å²) in [7, 11) is 3.56. The number of methoxy groups -OCH3 is 1. The van der Waals surface area contributed by atoms with Crippen molar-refractivity contribution in [3.8, 4) is 6.07 Å². The zero-order valence-corrected chi connectivity index (χ0v) is 11.0. The Labute approximate surface area is 99.6 Å². The molecule has 0 aromatic carbocycles. The van der Waals surface area contributed by atoms with E-state index in [2.05, 4.69) is 23.2 Å².